The Morgan fingerprint density at radius 2 is 2.12 bits per heavy atom. The third-order valence-electron chi connectivity index (χ3n) is 3.87. The van der Waals surface area contributed by atoms with Gasteiger partial charge in [0.05, 0.1) is 6.10 Å². The van der Waals surface area contributed by atoms with Crippen LogP contribution in [-0.4, -0.2) is 18.8 Å². The second-order valence-electron chi connectivity index (χ2n) is 4.99. The molecule has 96 valence electrons. The van der Waals surface area contributed by atoms with Gasteiger partial charge in [-0.2, -0.15) is 0 Å². The van der Waals surface area contributed by atoms with Gasteiger partial charge in [-0.15, -0.1) is 0 Å². The van der Waals surface area contributed by atoms with Gasteiger partial charge in [0.15, 0.2) is 0 Å². The van der Waals surface area contributed by atoms with Crippen molar-refractivity contribution in [1.29, 1.82) is 0 Å². The van der Waals surface area contributed by atoms with E-state index in [1.165, 1.54) is 32.1 Å². The molecule has 2 unspecified atom stereocenters. The summed E-state index contributed by atoms with van der Waals surface area (Å²) >= 11 is 0. The van der Waals surface area contributed by atoms with Crippen LogP contribution >= 0.6 is 0 Å². The molecule has 0 aromatic rings. The van der Waals surface area contributed by atoms with Crippen LogP contribution in [0.3, 0.4) is 0 Å². The number of hydrogen-bond acceptors (Lipinski definition) is 3. The lowest BCUT2D eigenvalue weighted by molar-refractivity contribution is 0.0985. The molecule has 1 rings (SSSR count). The van der Waals surface area contributed by atoms with E-state index in [1.54, 1.807) is 0 Å². The molecule has 16 heavy (non-hydrogen) atoms. The molecule has 0 bridgehead atoms. The minimum Gasteiger partial charge on any atom is -0.378 e. The molecular formula is C13H28N2O. The zero-order valence-corrected chi connectivity index (χ0v) is 10.9. The standard InChI is InChI=1S/C13H28N2O/c1-3-11(4-2)10-12(15-14)7-8-13-6-5-9-16-13/h11-13,15H,3-10,14H2,1-2H3. The summed E-state index contributed by atoms with van der Waals surface area (Å²) < 4.78 is 5.64. The van der Waals surface area contributed by atoms with Crippen molar-refractivity contribution < 1.29 is 4.74 Å². The van der Waals surface area contributed by atoms with Gasteiger partial charge in [0.25, 0.3) is 0 Å². The highest BCUT2D eigenvalue weighted by atomic mass is 16.5. The Balaban J connectivity index is 2.19. The number of hydrogen-bond donors (Lipinski definition) is 2. The predicted octanol–water partition coefficient (Wildman–Crippen LogP) is 2.60. The van der Waals surface area contributed by atoms with E-state index in [0.29, 0.717) is 12.1 Å². The summed E-state index contributed by atoms with van der Waals surface area (Å²) in [5, 5.41) is 0. The maximum absolute atomic E-state index is 5.64. The van der Waals surface area contributed by atoms with E-state index in [9.17, 15) is 0 Å². The van der Waals surface area contributed by atoms with Crippen molar-refractivity contribution >= 4 is 0 Å². The van der Waals surface area contributed by atoms with Gasteiger partial charge in [-0.25, -0.2) is 0 Å². The van der Waals surface area contributed by atoms with Crippen molar-refractivity contribution in [3.8, 4) is 0 Å². The number of nitrogens with one attached hydrogen (secondary N) is 1. The number of nitrogens with two attached hydrogens (primary N) is 1. The van der Waals surface area contributed by atoms with Gasteiger partial charge in [-0.05, 0) is 38.0 Å². The molecule has 0 aromatic carbocycles. The molecular weight excluding hydrogens is 200 g/mol. The van der Waals surface area contributed by atoms with Gasteiger partial charge >= 0.3 is 0 Å². The van der Waals surface area contributed by atoms with Crippen LogP contribution in [-0.2, 0) is 4.74 Å². The molecule has 0 aromatic heterocycles. The summed E-state index contributed by atoms with van der Waals surface area (Å²) in [6, 6.07) is 0.467. The molecule has 3 N–H and O–H groups in total. The maximum atomic E-state index is 5.64. The first-order valence-electron chi connectivity index (χ1n) is 6.87. The summed E-state index contributed by atoms with van der Waals surface area (Å²) in [6.07, 6.45) is 9.00. The highest BCUT2D eigenvalue weighted by molar-refractivity contribution is 4.73. The summed E-state index contributed by atoms with van der Waals surface area (Å²) in [5.74, 6) is 6.44. The van der Waals surface area contributed by atoms with E-state index in [2.05, 4.69) is 19.3 Å². The van der Waals surface area contributed by atoms with Crippen molar-refractivity contribution in [1.82, 2.24) is 5.43 Å². The van der Waals surface area contributed by atoms with Gasteiger partial charge < -0.3 is 4.74 Å². The van der Waals surface area contributed by atoms with Crippen LogP contribution in [0.15, 0.2) is 0 Å². The summed E-state index contributed by atoms with van der Waals surface area (Å²) in [4.78, 5) is 0. The third-order valence-corrected chi connectivity index (χ3v) is 3.87. The molecule has 3 heteroatoms. The summed E-state index contributed by atoms with van der Waals surface area (Å²) in [5.41, 5.74) is 2.97. The Kier molecular flexibility index (Phi) is 7.01. The topological polar surface area (TPSA) is 47.3 Å². The average molecular weight is 228 g/mol. The van der Waals surface area contributed by atoms with Crippen molar-refractivity contribution in [2.75, 3.05) is 6.61 Å². The van der Waals surface area contributed by atoms with Crippen molar-refractivity contribution in [3.05, 3.63) is 0 Å². The van der Waals surface area contributed by atoms with E-state index in [4.69, 9.17) is 10.6 Å². The van der Waals surface area contributed by atoms with Gasteiger partial charge in [0.2, 0.25) is 0 Å². The first kappa shape index (κ1) is 13.9. The molecule has 3 nitrogen and oxygen atoms in total. The Morgan fingerprint density at radius 3 is 2.62 bits per heavy atom. The first-order valence-corrected chi connectivity index (χ1v) is 6.87. The number of rotatable bonds is 8. The molecule has 0 saturated carbocycles. The highest BCUT2D eigenvalue weighted by Crippen LogP contribution is 2.21. The minimum atomic E-state index is 0.467. The molecule has 0 spiro atoms. The molecule has 1 aliphatic heterocycles. The monoisotopic (exact) mass is 228 g/mol. The number of hydrazine groups is 1. The van der Waals surface area contributed by atoms with Gasteiger partial charge in [0, 0.05) is 12.6 Å². The maximum Gasteiger partial charge on any atom is 0.0576 e. The molecule has 1 saturated heterocycles. The van der Waals surface area contributed by atoms with Crippen LogP contribution < -0.4 is 11.3 Å². The van der Waals surface area contributed by atoms with Crippen molar-refractivity contribution in [2.45, 2.75) is 70.9 Å². The minimum absolute atomic E-state index is 0.467. The average Bonchev–Trinajstić information content (AvgIpc) is 2.83. The lowest BCUT2D eigenvalue weighted by Crippen LogP contribution is -2.37. The Morgan fingerprint density at radius 1 is 1.38 bits per heavy atom. The number of ether oxygens (including phenoxy) is 1. The Hall–Kier alpha value is -0.120. The fourth-order valence-electron chi connectivity index (χ4n) is 2.55. The quantitative estimate of drug-likeness (QED) is 0.496. The first-order chi connectivity index (χ1) is 7.80. The second-order valence-corrected chi connectivity index (χ2v) is 4.99. The van der Waals surface area contributed by atoms with Gasteiger partial charge in [-0.3, -0.25) is 11.3 Å². The molecule has 2 atom stereocenters. The van der Waals surface area contributed by atoms with Crippen molar-refractivity contribution in [2.24, 2.45) is 11.8 Å². The Labute approximate surface area is 100 Å². The highest BCUT2D eigenvalue weighted by Gasteiger charge is 2.18. The molecule has 1 aliphatic rings. The zero-order chi connectivity index (χ0) is 11.8. The molecule has 0 amide bonds. The van der Waals surface area contributed by atoms with Crippen LogP contribution in [0.5, 0.6) is 0 Å². The zero-order valence-electron chi connectivity index (χ0n) is 10.9. The predicted molar refractivity (Wildman–Crippen MR) is 68.0 cm³/mol. The summed E-state index contributed by atoms with van der Waals surface area (Å²) in [7, 11) is 0. The SMILES string of the molecule is CCC(CC)CC(CCC1CCCO1)NN. The molecule has 1 heterocycles. The summed E-state index contributed by atoms with van der Waals surface area (Å²) in [6.45, 7) is 5.49. The van der Waals surface area contributed by atoms with Crippen LogP contribution in [0, 0.1) is 5.92 Å². The van der Waals surface area contributed by atoms with E-state index in [0.717, 1.165) is 25.4 Å². The van der Waals surface area contributed by atoms with Crippen LogP contribution in [0.25, 0.3) is 0 Å². The van der Waals surface area contributed by atoms with Crippen molar-refractivity contribution in [3.63, 3.8) is 0 Å². The second kappa shape index (κ2) is 8.04. The fraction of sp³-hybridized carbons (Fsp3) is 1.00. The lowest BCUT2D eigenvalue weighted by Gasteiger charge is -2.22. The largest absolute Gasteiger partial charge is 0.378 e. The smallest absolute Gasteiger partial charge is 0.0576 e. The van der Waals surface area contributed by atoms with E-state index in [1.807, 2.05) is 0 Å². The Bertz CT molecular complexity index is 165. The third kappa shape index (κ3) is 4.81. The van der Waals surface area contributed by atoms with E-state index >= 15 is 0 Å². The van der Waals surface area contributed by atoms with E-state index in [-0.39, 0.29) is 0 Å². The van der Waals surface area contributed by atoms with Crippen LogP contribution in [0.4, 0.5) is 0 Å². The van der Waals surface area contributed by atoms with E-state index < -0.39 is 0 Å². The van der Waals surface area contributed by atoms with Crippen LogP contribution in [0.2, 0.25) is 0 Å². The van der Waals surface area contributed by atoms with Gasteiger partial charge in [-0.1, -0.05) is 26.7 Å². The lowest BCUT2D eigenvalue weighted by atomic mass is 9.92. The van der Waals surface area contributed by atoms with Crippen LogP contribution in [0.1, 0.15) is 58.8 Å². The molecule has 0 aliphatic carbocycles. The molecule has 1 fully saturated rings. The van der Waals surface area contributed by atoms with Gasteiger partial charge in [0.1, 0.15) is 0 Å². The molecule has 0 radical (unpaired) electrons. The fourth-order valence-corrected chi connectivity index (χ4v) is 2.55. The normalized spacial score (nSPS) is 22.9.